The molecule has 6 heteroatoms. The van der Waals surface area contributed by atoms with Crippen LogP contribution in [0.15, 0.2) is 48.5 Å². The third-order valence-electron chi connectivity index (χ3n) is 4.59. The van der Waals surface area contributed by atoms with Gasteiger partial charge in [-0.15, -0.1) is 0 Å². The summed E-state index contributed by atoms with van der Waals surface area (Å²) in [7, 11) is 5.63. The van der Waals surface area contributed by atoms with Crippen molar-refractivity contribution in [2.24, 2.45) is 0 Å². The first-order chi connectivity index (χ1) is 13.6. The van der Waals surface area contributed by atoms with E-state index in [1.165, 1.54) is 6.08 Å². The van der Waals surface area contributed by atoms with Gasteiger partial charge in [-0.1, -0.05) is 18.2 Å². The fraction of sp³-hybridized carbons (Fsp3) is 0.318. The number of nitrogens with zero attached hydrogens (tertiary/aromatic N) is 1. The Kier molecular flexibility index (Phi) is 6.55. The summed E-state index contributed by atoms with van der Waals surface area (Å²) in [4.78, 5) is 14.3. The van der Waals surface area contributed by atoms with E-state index in [9.17, 15) is 4.79 Å². The topological polar surface area (TPSA) is 60.0 Å². The Hall–Kier alpha value is -2.99. The molecule has 0 aliphatic carbocycles. The number of carbonyl (C=O) groups is 1. The molecule has 0 bridgehead atoms. The molecule has 1 unspecified atom stereocenters. The van der Waals surface area contributed by atoms with Crippen molar-refractivity contribution in [1.82, 2.24) is 10.2 Å². The molecule has 2 aromatic rings. The Balaban J connectivity index is 1.59. The molecule has 0 aromatic heterocycles. The van der Waals surface area contributed by atoms with E-state index in [1.807, 2.05) is 56.6 Å². The Morgan fingerprint density at radius 3 is 2.54 bits per heavy atom. The number of rotatable bonds is 7. The lowest BCUT2D eigenvalue weighted by atomic mass is 10.1. The Labute approximate surface area is 165 Å². The minimum Gasteiger partial charge on any atom is -0.497 e. The summed E-state index contributed by atoms with van der Waals surface area (Å²) in [5.74, 6) is 2.12. The van der Waals surface area contributed by atoms with E-state index in [4.69, 9.17) is 14.2 Å². The number of ether oxygens (including phenoxy) is 3. The molecule has 1 heterocycles. The third kappa shape index (κ3) is 5.04. The van der Waals surface area contributed by atoms with Crippen molar-refractivity contribution in [2.75, 3.05) is 41.0 Å². The predicted molar refractivity (Wildman–Crippen MR) is 109 cm³/mol. The molecule has 0 saturated carbocycles. The van der Waals surface area contributed by atoms with Gasteiger partial charge in [0.1, 0.15) is 19.0 Å². The van der Waals surface area contributed by atoms with E-state index >= 15 is 0 Å². The van der Waals surface area contributed by atoms with E-state index in [-0.39, 0.29) is 11.9 Å². The number of hydrogen-bond acceptors (Lipinski definition) is 5. The Bertz CT molecular complexity index is 831. The highest BCUT2D eigenvalue weighted by Crippen LogP contribution is 2.31. The van der Waals surface area contributed by atoms with E-state index in [0.29, 0.717) is 25.5 Å². The van der Waals surface area contributed by atoms with Crippen molar-refractivity contribution in [3.63, 3.8) is 0 Å². The molecule has 1 aliphatic heterocycles. The number of nitrogens with one attached hydrogen (secondary N) is 1. The maximum atomic E-state index is 12.3. The fourth-order valence-corrected chi connectivity index (χ4v) is 3.02. The Morgan fingerprint density at radius 2 is 1.86 bits per heavy atom. The average Bonchev–Trinajstić information content (AvgIpc) is 2.72. The molecule has 3 rings (SSSR count). The van der Waals surface area contributed by atoms with E-state index in [1.54, 1.807) is 13.2 Å². The van der Waals surface area contributed by atoms with Crippen LogP contribution in [0.5, 0.6) is 17.2 Å². The maximum absolute atomic E-state index is 12.3. The molecule has 2 aromatic carbocycles. The van der Waals surface area contributed by atoms with Gasteiger partial charge in [-0.3, -0.25) is 4.79 Å². The second-order valence-corrected chi connectivity index (χ2v) is 6.73. The minimum atomic E-state index is -0.143. The maximum Gasteiger partial charge on any atom is 0.244 e. The van der Waals surface area contributed by atoms with Gasteiger partial charge >= 0.3 is 0 Å². The van der Waals surface area contributed by atoms with Crippen molar-refractivity contribution in [3.05, 3.63) is 59.7 Å². The summed E-state index contributed by atoms with van der Waals surface area (Å²) >= 11 is 0. The smallest absolute Gasteiger partial charge is 0.244 e. The van der Waals surface area contributed by atoms with Crippen LogP contribution in [0.3, 0.4) is 0 Å². The molecule has 0 spiro atoms. The quantitative estimate of drug-likeness (QED) is 0.746. The van der Waals surface area contributed by atoms with Crippen LogP contribution in [0, 0.1) is 0 Å². The number of amides is 1. The number of methoxy groups -OCH3 is 1. The SMILES string of the molecule is COc1ccc(C(CNC(=O)/C=C/c2ccc3c(c2)OCCO3)N(C)C)cc1. The summed E-state index contributed by atoms with van der Waals surface area (Å²) in [6.07, 6.45) is 3.30. The second kappa shape index (κ2) is 9.28. The van der Waals surface area contributed by atoms with Crippen LogP contribution in [0.4, 0.5) is 0 Å². The second-order valence-electron chi connectivity index (χ2n) is 6.73. The van der Waals surface area contributed by atoms with Gasteiger partial charge in [0.15, 0.2) is 11.5 Å². The molecule has 1 amide bonds. The first-order valence-corrected chi connectivity index (χ1v) is 9.23. The van der Waals surface area contributed by atoms with E-state index in [0.717, 1.165) is 22.6 Å². The standard InChI is InChI=1S/C22H26N2O4/c1-24(2)19(17-6-8-18(26-3)9-7-17)15-23-22(25)11-5-16-4-10-20-21(14-16)28-13-12-27-20/h4-11,14,19H,12-13,15H2,1-3H3,(H,23,25)/b11-5+. The lowest BCUT2D eigenvalue weighted by Crippen LogP contribution is -2.33. The average molecular weight is 382 g/mol. The highest BCUT2D eigenvalue weighted by atomic mass is 16.6. The van der Waals surface area contributed by atoms with Crippen molar-refractivity contribution in [3.8, 4) is 17.2 Å². The summed E-state index contributed by atoms with van der Waals surface area (Å²) in [5.41, 5.74) is 2.00. The van der Waals surface area contributed by atoms with Crippen LogP contribution < -0.4 is 19.5 Å². The molecule has 0 radical (unpaired) electrons. The molecule has 6 nitrogen and oxygen atoms in total. The van der Waals surface area contributed by atoms with Crippen LogP contribution in [-0.2, 0) is 4.79 Å². The first-order valence-electron chi connectivity index (χ1n) is 9.23. The molecule has 28 heavy (non-hydrogen) atoms. The lowest BCUT2D eigenvalue weighted by molar-refractivity contribution is -0.116. The van der Waals surface area contributed by atoms with Gasteiger partial charge in [0.05, 0.1) is 13.2 Å². The summed E-state index contributed by atoms with van der Waals surface area (Å²) in [6, 6.07) is 13.6. The molecular formula is C22H26N2O4. The molecule has 1 N–H and O–H groups in total. The largest absolute Gasteiger partial charge is 0.497 e. The van der Waals surface area contributed by atoms with Crippen LogP contribution in [0.1, 0.15) is 17.2 Å². The van der Waals surface area contributed by atoms with Crippen molar-refractivity contribution < 1.29 is 19.0 Å². The van der Waals surface area contributed by atoms with Gasteiger partial charge in [-0.25, -0.2) is 0 Å². The summed E-state index contributed by atoms with van der Waals surface area (Å²) < 4.78 is 16.3. The summed E-state index contributed by atoms with van der Waals surface area (Å²) in [6.45, 7) is 1.60. The zero-order valence-corrected chi connectivity index (χ0v) is 16.5. The third-order valence-corrected chi connectivity index (χ3v) is 4.59. The summed E-state index contributed by atoms with van der Waals surface area (Å²) in [5, 5.41) is 2.97. The van der Waals surface area contributed by atoms with Crippen molar-refractivity contribution in [1.29, 1.82) is 0 Å². The minimum absolute atomic E-state index is 0.0672. The van der Waals surface area contributed by atoms with Gasteiger partial charge in [-0.2, -0.15) is 0 Å². The van der Waals surface area contributed by atoms with Crippen LogP contribution in [0.25, 0.3) is 6.08 Å². The monoisotopic (exact) mass is 382 g/mol. The van der Waals surface area contributed by atoms with Crippen LogP contribution >= 0.6 is 0 Å². The van der Waals surface area contributed by atoms with Gasteiger partial charge in [-0.05, 0) is 55.6 Å². The molecule has 0 fully saturated rings. The highest BCUT2D eigenvalue weighted by molar-refractivity contribution is 5.91. The molecule has 0 saturated heterocycles. The number of fused-ring (bicyclic) bond motifs is 1. The first kappa shape index (κ1) is 19.8. The zero-order valence-electron chi connectivity index (χ0n) is 16.5. The number of benzene rings is 2. The van der Waals surface area contributed by atoms with Gasteiger partial charge in [0, 0.05) is 12.6 Å². The molecule has 148 valence electrons. The van der Waals surface area contributed by atoms with E-state index in [2.05, 4.69) is 10.2 Å². The van der Waals surface area contributed by atoms with Gasteiger partial charge in [0.2, 0.25) is 5.91 Å². The zero-order chi connectivity index (χ0) is 19.9. The van der Waals surface area contributed by atoms with Gasteiger partial charge in [0.25, 0.3) is 0 Å². The normalized spacial score (nSPS) is 14.1. The van der Waals surface area contributed by atoms with Crippen LogP contribution in [-0.4, -0.2) is 51.8 Å². The molecular weight excluding hydrogens is 356 g/mol. The number of likely N-dealkylation sites (N-methyl/N-ethyl adjacent to an activating group) is 1. The van der Waals surface area contributed by atoms with Gasteiger partial charge < -0.3 is 24.4 Å². The molecule has 1 atom stereocenters. The van der Waals surface area contributed by atoms with Crippen LogP contribution in [0.2, 0.25) is 0 Å². The van der Waals surface area contributed by atoms with Crippen molar-refractivity contribution in [2.45, 2.75) is 6.04 Å². The van der Waals surface area contributed by atoms with E-state index < -0.39 is 0 Å². The number of carbonyl (C=O) groups excluding carboxylic acids is 1. The lowest BCUT2D eigenvalue weighted by Gasteiger charge is -2.25. The Morgan fingerprint density at radius 1 is 1.14 bits per heavy atom. The fourth-order valence-electron chi connectivity index (χ4n) is 3.02. The molecule has 1 aliphatic rings. The highest BCUT2D eigenvalue weighted by Gasteiger charge is 2.15. The van der Waals surface area contributed by atoms with Crippen molar-refractivity contribution >= 4 is 12.0 Å². The predicted octanol–water partition coefficient (Wildman–Crippen LogP) is 2.90. The number of hydrogen-bond donors (Lipinski definition) is 1.